The first-order chi connectivity index (χ1) is 51.6. The average molecular weight is 1460 g/mol. The first kappa shape index (κ1) is 99.9. The van der Waals surface area contributed by atoms with E-state index in [-0.39, 0.29) is 38.6 Å². The predicted octanol–water partition coefficient (Wildman–Crippen LogP) is 27.4. The van der Waals surface area contributed by atoms with Crippen LogP contribution < -0.4 is 5.11 Å². The molecule has 0 radical (unpaired) electrons. The molecular formula is C96H163NO8. The second-order valence-electron chi connectivity index (χ2n) is 30.1. The van der Waals surface area contributed by atoms with Gasteiger partial charge in [-0.3, -0.25) is 9.59 Å². The predicted molar refractivity (Wildman–Crippen MR) is 453 cm³/mol. The lowest BCUT2D eigenvalue weighted by Gasteiger charge is -2.26. The molecule has 9 nitrogen and oxygen atoms in total. The lowest BCUT2D eigenvalue weighted by Crippen LogP contribution is -2.44. The number of carbonyl (C=O) groups excluding carboxylic acids is 3. The fraction of sp³-hybridized carbons (Fsp3) is 0.698. The zero-order chi connectivity index (χ0) is 76.0. The number of rotatable bonds is 80. The maximum Gasteiger partial charge on any atom is 0.306 e. The molecule has 0 bridgehead atoms. The molecule has 0 aromatic heterocycles. The van der Waals surface area contributed by atoms with Gasteiger partial charge in [-0.25, -0.2) is 0 Å². The van der Waals surface area contributed by atoms with E-state index in [2.05, 4.69) is 172 Å². The Kier molecular flexibility index (Phi) is 80.4. The van der Waals surface area contributed by atoms with Crippen molar-refractivity contribution in [1.82, 2.24) is 0 Å². The van der Waals surface area contributed by atoms with Gasteiger partial charge in [0.05, 0.1) is 40.3 Å². The number of carboxylic acids is 1. The summed E-state index contributed by atoms with van der Waals surface area (Å²) >= 11 is 0. The SMILES string of the molecule is CC/C=C\C/C=C\C/C=C\C/C=C\C/C=C\C/C=C\C/C=C\C/C=C\C/C=C\CCCCCCCCCCCCCC(=O)OC(COC(=O)CCCCCCCCCCCCCCCCCCCCCCCCCCCCCC/C=C\C/C=C\C/C=C\C/C=C\CC)COC(OCC[N+](C)(C)C)C(=O)[O-]. The zero-order valence-electron chi connectivity index (χ0n) is 68.8. The molecule has 0 aliphatic heterocycles. The van der Waals surface area contributed by atoms with Gasteiger partial charge in [-0.2, -0.15) is 0 Å². The van der Waals surface area contributed by atoms with Crippen molar-refractivity contribution in [2.45, 2.75) is 386 Å². The minimum absolute atomic E-state index is 0.143. The van der Waals surface area contributed by atoms with Gasteiger partial charge in [0.15, 0.2) is 12.4 Å². The van der Waals surface area contributed by atoms with Crippen LogP contribution in [0.3, 0.4) is 0 Å². The summed E-state index contributed by atoms with van der Waals surface area (Å²) in [5, 5.41) is 11.9. The minimum atomic E-state index is -1.63. The summed E-state index contributed by atoms with van der Waals surface area (Å²) in [6.07, 6.45) is 122. The molecule has 9 heteroatoms. The summed E-state index contributed by atoms with van der Waals surface area (Å²) in [5.41, 5.74) is 0. The van der Waals surface area contributed by atoms with Gasteiger partial charge in [0.2, 0.25) is 0 Å². The van der Waals surface area contributed by atoms with Crippen LogP contribution in [0.25, 0.3) is 0 Å². The largest absolute Gasteiger partial charge is 0.545 e. The van der Waals surface area contributed by atoms with Gasteiger partial charge in [-0.15, -0.1) is 0 Å². The van der Waals surface area contributed by atoms with Gasteiger partial charge in [0.1, 0.15) is 13.2 Å². The molecular weight excluding hydrogens is 1300 g/mol. The lowest BCUT2D eigenvalue weighted by molar-refractivity contribution is -0.870. The minimum Gasteiger partial charge on any atom is -0.545 e. The number of hydrogen-bond donors (Lipinski definition) is 0. The first-order valence-electron chi connectivity index (χ1n) is 43.6. The Hall–Kier alpha value is -5.09. The van der Waals surface area contributed by atoms with Crippen molar-refractivity contribution < 1.29 is 42.9 Å². The molecule has 0 aromatic carbocycles. The lowest BCUT2D eigenvalue weighted by atomic mass is 10.0. The maximum absolute atomic E-state index is 13.0. The number of quaternary nitrogens is 1. The third-order valence-corrected chi connectivity index (χ3v) is 18.8. The van der Waals surface area contributed by atoms with Crippen LogP contribution in [0.1, 0.15) is 373 Å². The second-order valence-corrected chi connectivity index (χ2v) is 30.1. The summed E-state index contributed by atoms with van der Waals surface area (Å²) in [4.78, 5) is 37.7. The Morgan fingerprint density at radius 1 is 0.286 bits per heavy atom. The number of hydrogen-bond acceptors (Lipinski definition) is 8. The second kappa shape index (κ2) is 84.5. The summed E-state index contributed by atoms with van der Waals surface area (Å²) < 4.78 is 22.9. The van der Waals surface area contributed by atoms with Crippen LogP contribution in [-0.4, -0.2) is 82.3 Å². The van der Waals surface area contributed by atoms with Crippen molar-refractivity contribution in [2.24, 2.45) is 0 Å². The van der Waals surface area contributed by atoms with Crippen molar-refractivity contribution in [1.29, 1.82) is 0 Å². The molecule has 0 amide bonds. The van der Waals surface area contributed by atoms with Crippen LogP contribution in [0, 0.1) is 0 Å². The molecule has 0 aliphatic rings. The molecule has 0 saturated heterocycles. The van der Waals surface area contributed by atoms with Crippen molar-refractivity contribution in [3.05, 3.63) is 158 Å². The number of nitrogens with zero attached hydrogens (tertiary/aromatic N) is 1. The Bertz CT molecular complexity index is 2300. The third-order valence-electron chi connectivity index (χ3n) is 18.8. The van der Waals surface area contributed by atoms with Crippen LogP contribution in [0.5, 0.6) is 0 Å². The number of likely N-dealkylation sites (N-methyl/N-ethyl adjacent to an activating group) is 1. The fourth-order valence-corrected chi connectivity index (χ4v) is 12.2. The smallest absolute Gasteiger partial charge is 0.306 e. The van der Waals surface area contributed by atoms with E-state index in [1.165, 1.54) is 212 Å². The summed E-state index contributed by atoms with van der Waals surface area (Å²) in [6, 6.07) is 0. The van der Waals surface area contributed by atoms with E-state index in [0.29, 0.717) is 17.4 Å². The maximum atomic E-state index is 13.0. The highest BCUT2D eigenvalue weighted by Gasteiger charge is 2.22. The number of unbranched alkanes of at least 4 members (excludes halogenated alkanes) is 39. The molecule has 0 aromatic rings. The number of esters is 2. The molecule has 105 heavy (non-hydrogen) atoms. The van der Waals surface area contributed by atoms with Gasteiger partial charge in [-0.1, -0.05) is 397 Å². The van der Waals surface area contributed by atoms with Crippen LogP contribution in [-0.2, 0) is 33.3 Å². The highest BCUT2D eigenvalue weighted by Crippen LogP contribution is 2.19. The number of aliphatic carboxylic acids is 1. The van der Waals surface area contributed by atoms with E-state index in [9.17, 15) is 19.5 Å². The van der Waals surface area contributed by atoms with E-state index in [1.54, 1.807) is 0 Å². The van der Waals surface area contributed by atoms with E-state index in [4.69, 9.17) is 18.9 Å². The van der Waals surface area contributed by atoms with Crippen LogP contribution >= 0.6 is 0 Å². The number of carboxylic acid groups (broad SMARTS) is 1. The fourth-order valence-electron chi connectivity index (χ4n) is 12.2. The zero-order valence-corrected chi connectivity index (χ0v) is 68.8. The summed E-state index contributed by atoms with van der Waals surface area (Å²) in [6.45, 7) is 4.55. The van der Waals surface area contributed by atoms with Crippen LogP contribution in [0.15, 0.2) is 158 Å². The van der Waals surface area contributed by atoms with Gasteiger partial charge in [-0.05, 0) is 122 Å². The standard InChI is InChI=1S/C96H163NO8/c1-6-8-10-12-14-16-18-20-22-24-26-28-30-32-34-36-38-40-42-44-46-47-49-50-52-54-56-58-60-62-64-66-68-70-72-74-76-78-80-82-84-86-93(98)103-90-92(91-104-96(95(100)101)102-89-88-97(3,4)5)105-94(99)87-85-83-81-79-77-75-73-71-69-67-65-63-61-59-57-55-53-51-48-45-43-41-39-37-35-33-31-29-27-25-23-21-19-17-15-13-11-9-7-2/h8-11,14-17,20-23,26-29,33,35,39,41,45,48,53,55,59,61,92,96H,6-7,12-13,18-19,24-25,30-32,34,36-38,40,42-44,46-47,49-52,54,56-58,60,62-91H2,1-5H3/b10-8-,11-9-,16-14-,17-15-,22-20-,23-21-,28-26-,29-27-,35-33-,41-39-,48-45-,55-53-,61-59-. The third kappa shape index (κ3) is 86.0. The Morgan fingerprint density at radius 3 is 0.762 bits per heavy atom. The van der Waals surface area contributed by atoms with E-state index < -0.39 is 24.3 Å². The monoisotopic (exact) mass is 1460 g/mol. The van der Waals surface area contributed by atoms with Gasteiger partial charge in [0, 0.05) is 12.8 Å². The molecule has 2 unspecified atom stereocenters. The van der Waals surface area contributed by atoms with Crippen LogP contribution in [0.4, 0.5) is 0 Å². The van der Waals surface area contributed by atoms with Crippen molar-refractivity contribution >= 4 is 17.9 Å². The van der Waals surface area contributed by atoms with Crippen LogP contribution in [0.2, 0.25) is 0 Å². The Balaban J connectivity index is 3.99. The summed E-state index contributed by atoms with van der Waals surface area (Å²) in [7, 11) is 5.94. The Morgan fingerprint density at radius 2 is 0.514 bits per heavy atom. The van der Waals surface area contributed by atoms with Crippen molar-refractivity contribution in [3.63, 3.8) is 0 Å². The molecule has 600 valence electrons. The first-order valence-corrected chi connectivity index (χ1v) is 43.6. The molecule has 0 fully saturated rings. The van der Waals surface area contributed by atoms with Crippen molar-refractivity contribution in [2.75, 3.05) is 47.5 Å². The van der Waals surface area contributed by atoms with Crippen molar-refractivity contribution in [3.8, 4) is 0 Å². The Labute approximate surface area is 648 Å². The number of carbonyl (C=O) groups is 3. The molecule has 0 spiro atoms. The van der Waals surface area contributed by atoms with Gasteiger partial charge >= 0.3 is 11.9 Å². The van der Waals surface area contributed by atoms with E-state index in [0.717, 1.165) is 128 Å². The van der Waals surface area contributed by atoms with Gasteiger partial charge < -0.3 is 33.3 Å². The number of allylic oxidation sites excluding steroid dienone is 26. The average Bonchev–Trinajstić information content (AvgIpc) is 1.97. The molecule has 0 rings (SSSR count). The molecule has 0 saturated carbocycles. The topological polar surface area (TPSA) is 111 Å². The quantitative estimate of drug-likeness (QED) is 0.0195. The summed E-state index contributed by atoms with van der Waals surface area (Å²) in [5.74, 6) is -2.28. The van der Waals surface area contributed by atoms with Gasteiger partial charge in [0.25, 0.3) is 0 Å². The number of ether oxygens (including phenoxy) is 4. The normalized spacial score (nSPS) is 13.4. The van der Waals surface area contributed by atoms with E-state index >= 15 is 0 Å². The highest BCUT2D eigenvalue weighted by atomic mass is 16.7. The molecule has 2 atom stereocenters. The molecule has 0 heterocycles. The van der Waals surface area contributed by atoms with E-state index in [1.807, 2.05) is 21.1 Å². The molecule has 0 N–H and O–H groups in total. The highest BCUT2D eigenvalue weighted by molar-refractivity contribution is 5.70. The molecule has 0 aliphatic carbocycles.